The molecular weight excluding hydrogens is 449 g/mol. The minimum Gasteiger partial charge on any atom is -0.469 e. The molecule has 0 atom stereocenters. The van der Waals surface area contributed by atoms with E-state index in [2.05, 4.69) is 4.99 Å². The summed E-state index contributed by atoms with van der Waals surface area (Å²) in [5.41, 5.74) is 5.44. The number of esters is 2. The van der Waals surface area contributed by atoms with Crippen LogP contribution in [0.5, 0.6) is 5.75 Å². The summed E-state index contributed by atoms with van der Waals surface area (Å²) in [6.45, 7) is 5.94. The van der Waals surface area contributed by atoms with Crippen molar-refractivity contribution in [3.63, 3.8) is 0 Å². The number of hydrogen-bond acceptors (Lipinski definition) is 7. The summed E-state index contributed by atoms with van der Waals surface area (Å²) in [5.74, 6) is -2.87. The Balaban J connectivity index is 2.11. The average Bonchev–Trinajstić information content (AvgIpc) is 3.15. The van der Waals surface area contributed by atoms with Crippen LogP contribution < -0.4 is 15.3 Å². The Kier molecular flexibility index (Phi) is 6.97. The van der Waals surface area contributed by atoms with Crippen LogP contribution in [0.25, 0.3) is 10.2 Å². The zero-order chi connectivity index (χ0) is 24.3. The second-order valence-corrected chi connectivity index (χ2v) is 8.88. The Labute approximate surface area is 193 Å². The van der Waals surface area contributed by atoms with Crippen molar-refractivity contribution in [3.8, 4) is 5.75 Å². The highest BCUT2D eigenvalue weighted by atomic mass is 32.1. The van der Waals surface area contributed by atoms with Crippen molar-refractivity contribution in [1.82, 2.24) is 4.57 Å². The van der Waals surface area contributed by atoms with Crippen molar-refractivity contribution in [3.05, 3.63) is 58.1 Å². The molecule has 0 unspecified atom stereocenters. The third-order valence-electron chi connectivity index (χ3n) is 4.98. The third-order valence-corrected chi connectivity index (χ3v) is 6.04. The van der Waals surface area contributed by atoms with Crippen molar-refractivity contribution in [1.29, 1.82) is 0 Å². The molecule has 0 radical (unpaired) electrons. The summed E-state index contributed by atoms with van der Waals surface area (Å²) in [7, 11) is 1.32. The summed E-state index contributed by atoms with van der Waals surface area (Å²) in [4.78, 5) is 42.0. The molecule has 0 aliphatic carbocycles. The highest BCUT2D eigenvalue weighted by Gasteiger charge is 2.28. The van der Waals surface area contributed by atoms with E-state index in [9.17, 15) is 18.8 Å². The van der Waals surface area contributed by atoms with Gasteiger partial charge in [-0.3, -0.25) is 14.6 Å². The van der Waals surface area contributed by atoms with E-state index < -0.39 is 29.1 Å². The molecule has 0 saturated heterocycles. The molecule has 0 spiro atoms. The summed E-state index contributed by atoms with van der Waals surface area (Å²) < 4.78 is 26.3. The summed E-state index contributed by atoms with van der Waals surface area (Å²) >= 11 is 1.24. The van der Waals surface area contributed by atoms with Crippen LogP contribution >= 0.6 is 11.3 Å². The van der Waals surface area contributed by atoms with Crippen molar-refractivity contribution in [2.24, 2.45) is 16.1 Å². The Morgan fingerprint density at radius 1 is 1.21 bits per heavy atom. The van der Waals surface area contributed by atoms with Gasteiger partial charge in [0.2, 0.25) is 0 Å². The maximum absolute atomic E-state index is 13.9. The number of carbonyl (C=O) groups is 3. The zero-order valence-corrected chi connectivity index (χ0v) is 19.5. The number of rotatable bonds is 7. The first kappa shape index (κ1) is 24.1. The SMILES string of the molecule is CCn1c(=NCC(C)(C)C(=O)OC)sc2cc(C(=O)Oc3ccccc3F)cc(C(N)=O)c21. The van der Waals surface area contributed by atoms with Crippen molar-refractivity contribution < 1.29 is 28.2 Å². The molecule has 0 aliphatic rings. The van der Waals surface area contributed by atoms with E-state index in [-0.39, 0.29) is 23.4 Å². The molecule has 0 aliphatic heterocycles. The summed E-state index contributed by atoms with van der Waals surface area (Å²) in [6, 6.07) is 8.40. The molecule has 2 aromatic carbocycles. The van der Waals surface area contributed by atoms with Gasteiger partial charge in [-0.25, -0.2) is 9.18 Å². The number of benzene rings is 2. The first-order chi connectivity index (χ1) is 15.6. The Bertz CT molecular complexity index is 1310. The standard InChI is InChI=1S/C23H24FN3O5S/c1-5-27-18-14(19(25)28)10-13(20(29)32-16-9-7-6-8-15(16)24)11-17(18)33-22(27)26-12-23(2,3)21(30)31-4/h6-11H,5,12H2,1-4H3,(H2,25,28). The van der Waals surface area contributed by atoms with Gasteiger partial charge >= 0.3 is 11.9 Å². The Morgan fingerprint density at radius 3 is 2.52 bits per heavy atom. The minimum atomic E-state index is -0.849. The van der Waals surface area contributed by atoms with Gasteiger partial charge in [-0.1, -0.05) is 23.5 Å². The lowest BCUT2D eigenvalue weighted by Gasteiger charge is -2.18. The number of aromatic nitrogens is 1. The van der Waals surface area contributed by atoms with Gasteiger partial charge in [0.25, 0.3) is 5.91 Å². The van der Waals surface area contributed by atoms with Crippen molar-refractivity contribution in [2.45, 2.75) is 27.3 Å². The van der Waals surface area contributed by atoms with Gasteiger partial charge < -0.3 is 19.8 Å². The molecule has 10 heteroatoms. The maximum atomic E-state index is 13.9. The van der Waals surface area contributed by atoms with Gasteiger partial charge in [0.15, 0.2) is 16.4 Å². The van der Waals surface area contributed by atoms with Gasteiger partial charge in [-0.05, 0) is 45.0 Å². The predicted octanol–water partition coefficient (Wildman–Crippen LogP) is 3.28. The molecule has 2 N–H and O–H groups in total. The van der Waals surface area contributed by atoms with E-state index in [4.69, 9.17) is 15.2 Å². The molecule has 1 amide bonds. The summed E-state index contributed by atoms with van der Waals surface area (Å²) in [6.07, 6.45) is 0. The number of ether oxygens (including phenoxy) is 2. The predicted molar refractivity (Wildman–Crippen MR) is 122 cm³/mol. The van der Waals surface area contributed by atoms with Crippen LogP contribution in [0.15, 0.2) is 41.4 Å². The van der Waals surface area contributed by atoms with Crippen LogP contribution in [-0.2, 0) is 16.1 Å². The molecule has 3 aromatic rings. The molecule has 3 rings (SSSR count). The molecule has 0 saturated carbocycles. The fraction of sp³-hybridized carbons (Fsp3) is 0.304. The van der Waals surface area contributed by atoms with Crippen LogP contribution in [0.2, 0.25) is 0 Å². The van der Waals surface area contributed by atoms with Gasteiger partial charge in [-0.15, -0.1) is 0 Å². The third kappa shape index (κ3) is 4.95. The number of para-hydroxylation sites is 1. The smallest absolute Gasteiger partial charge is 0.343 e. The van der Waals surface area contributed by atoms with Gasteiger partial charge in [0, 0.05) is 6.54 Å². The number of fused-ring (bicyclic) bond motifs is 1. The fourth-order valence-electron chi connectivity index (χ4n) is 3.22. The highest BCUT2D eigenvalue weighted by molar-refractivity contribution is 7.16. The number of amides is 1. The number of aryl methyl sites for hydroxylation is 1. The lowest BCUT2D eigenvalue weighted by atomic mass is 9.94. The normalized spacial score (nSPS) is 12.1. The average molecular weight is 474 g/mol. The van der Waals surface area contributed by atoms with E-state index >= 15 is 0 Å². The van der Waals surface area contributed by atoms with E-state index in [0.29, 0.717) is 21.6 Å². The largest absolute Gasteiger partial charge is 0.469 e. The first-order valence-corrected chi connectivity index (χ1v) is 10.9. The molecule has 174 valence electrons. The van der Waals surface area contributed by atoms with Crippen LogP contribution in [0.3, 0.4) is 0 Å². The Hall–Kier alpha value is -3.53. The fourth-order valence-corrected chi connectivity index (χ4v) is 4.38. The van der Waals surface area contributed by atoms with Crippen molar-refractivity contribution in [2.75, 3.05) is 13.7 Å². The molecule has 1 aromatic heterocycles. The van der Waals surface area contributed by atoms with Crippen LogP contribution in [0, 0.1) is 11.2 Å². The topological polar surface area (TPSA) is 113 Å². The van der Waals surface area contributed by atoms with E-state index in [1.807, 2.05) is 6.92 Å². The Morgan fingerprint density at radius 2 is 1.91 bits per heavy atom. The number of hydrogen-bond donors (Lipinski definition) is 1. The number of halogens is 1. The first-order valence-electron chi connectivity index (χ1n) is 10.1. The molecule has 1 heterocycles. The van der Waals surface area contributed by atoms with Crippen molar-refractivity contribution >= 4 is 39.4 Å². The van der Waals surface area contributed by atoms with Gasteiger partial charge in [0.05, 0.1) is 40.4 Å². The summed E-state index contributed by atoms with van der Waals surface area (Å²) in [5, 5.41) is 0. The number of nitrogens with two attached hydrogens (primary N) is 1. The lowest BCUT2D eigenvalue weighted by molar-refractivity contribution is -0.150. The van der Waals surface area contributed by atoms with Crippen LogP contribution in [-0.4, -0.2) is 36.1 Å². The quantitative estimate of drug-likeness (QED) is 0.418. The molecule has 0 fully saturated rings. The molecular formula is C23H24FN3O5S. The zero-order valence-electron chi connectivity index (χ0n) is 18.7. The highest BCUT2D eigenvalue weighted by Crippen LogP contribution is 2.26. The number of thiazole rings is 1. The number of primary amides is 1. The molecule has 8 nitrogen and oxygen atoms in total. The number of nitrogens with zero attached hydrogens (tertiary/aromatic N) is 2. The van der Waals surface area contributed by atoms with E-state index in [1.54, 1.807) is 24.5 Å². The van der Waals surface area contributed by atoms with E-state index in [0.717, 1.165) is 0 Å². The van der Waals surface area contributed by atoms with Gasteiger partial charge in [0.1, 0.15) is 0 Å². The second-order valence-electron chi connectivity index (χ2n) is 7.88. The van der Waals surface area contributed by atoms with E-state index in [1.165, 1.54) is 48.8 Å². The second kappa shape index (κ2) is 9.53. The van der Waals surface area contributed by atoms with Crippen LogP contribution in [0.1, 0.15) is 41.5 Å². The van der Waals surface area contributed by atoms with Crippen LogP contribution in [0.4, 0.5) is 4.39 Å². The number of carbonyl (C=O) groups excluding carboxylic acids is 3. The van der Waals surface area contributed by atoms with Gasteiger partial charge in [-0.2, -0.15) is 0 Å². The molecule has 0 bridgehead atoms. The lowest BCUT2D eigenvalue weighted by Crippen LogP contribution is -2.30. The maximum Gasteiger partial charge on any atom is 0.343 e. The number of methoxy groups -OCH3 is 1. The monoisotopic (exact) mass is 473 g/mol. The minimum absolute atomic E-state index is 0.0468. The molecule has 33 heavy (non-hydrogen) atoms.